The molecule has 0 aromatic carbocycles. The first kappa shape index (κ1) is 23.5. The van der Waals surface area contributed by atoms with Crippen molar-refractivity contribution in [3.8, 4) is 5.75 Å². The molecule has 32 heavy (non-hydrogen) atoms. The number of hydrogen-bond donors (Lipinski definition) is 0. The van der Waals surface area contributed by atoms with E-state index in [9.17, 15) is 4.79 Å². The van der Waals surface area contributed by atoms with Gasteiger partial charge < -0.3 is 23.8 Å². The topological polar surface area (TPSA) is 70.1 Å². The zero-order valence-corrected chi connectivity index (χ0v) is 20.0. The molecular weight excluding hydrogens is 408 g/mol. The summed E-state index contributed by atoms with van der Waals surface area (Å²) >= 11 is 0. The molecule has 7 nitrogen and oxygen atoms in total. The SMILES string of the molecule is COCO[C@@]1(Cc2cc(OC3CCC4(CC3)CC4)ccn2)C(=O)N(COC)[C@H]1CC(C)C. The molecule has 0 radical (unpaired) electrons. The number of pyridine rings is 1. The van der Waals surface area contributed by atoms with E-state index in [0.717, 1.165) is 30.7 Å². The second-order valence-electron chi connectivity index (χ2n) is 10.3. The number of likely N-dealkylation sites (tertiary alicyclic amines) is 1. The van der Waals surface area contributed by atoms with Crippen molar-refractivity contribution in [2.24, 2.45) is 11.3 Å². The van der Waals surface area contributed by atoms with Gasteiger partial charge in [-0.15, -0.1) is 0 Å². The maximum absolute atomic E-state index is 13.3. The van der Waals surface area contributed by atoms with E-state index in [1.807, 2.05) is 12.1 Å². The van der Waals surface area contributed by atoms with Crippen LogP contribution in [-0.2, 0) is 25.4 Å². The first-order valence-electron chi connectivity index (χ1n) is 12.0. The number of β-lactam (4-membered cyclic amide) rings is 1. The molecule has 1 amide bonds. The fourth-order valence-electron chi connectivity index (χ4n) is 5.42. The Kier molecular flexibility index (Phi) is 7.08. The van der Waals surface area contributed by atoms with Gasteiger partial charge in [0.2, 0.25) is 0 Å². The predicted octanol–water partition coefficient (Wildman–Crippen LogP) is 3.95. The van der Waals surface area contributed by atoms with Crippen LogP contribution in [0.2, 0.25) is 0 Å². The highest BCUT2D eigenvalue weighted by atomic mass is 16.7. The highest BCUT2D eigenvalue weighted by Crippen LogP contribution is 2.56. The average Bonchev–Trinajstić information content (AvgIpc) is 3.54. The van der Waals surface area contributed by atoms with Crippen molar-refractivity contribution in [3.63, 3.8) is 0 Å². The molecule has 4 rings (SSSR count). The van der Waals surface area contributed by atoms with Gasteiger partial charge in [0.1, 0.15) is 19.3 Å². The van der Waals surface area contributed by atoms with E-state index in [4.69, 9.17) is 18.9 Å². The molecule has 1 spiro atoms. The number of hydrogen-bond acceptors (Lipinski definition) is 6. The first-order valence-corrected chi connectivity index (χ1v) is 12.0. The van der Waals surface area contributed by atoms with Crippen molar-refractivity contribution in [3.05, 3.63) is 24.0 Å². The van der Waals surface area contributed by atoms with Crippen LogP contribution in [-0.4, -0.2) is 61.3 Å². The molecule has 0 unspecified atom stereocenters. The van der Waals surface area contributed by atoms with Crippen molar-refractivity contribution >= 4 is 5.91 Å². The maximum Gasteiger partial charge on any atom is 0.259 e. The number of carbonyl (C=O) groups is 1. The molecule has 0 N–H and O–H groups in total. The van der Waals surface area contributed by atoms with Crippen molar-refractivity contribution in [1.82, 2.24) is 9.88 Å². The van der Waals surface area contributed by atoms with Crippen molar-refractivity contribution in [1.29, 1.82) is 0 Å². The lowest BCUT2D eigenvalue weighted by atomic mass is 9.75. The van der Waals surface area contributed by atoms with Crippen LogP contribution in [0.3, 0.4) is 0 Å². The molecule has 3 aliphatic rings. The van der Waals surface area contributed by atoms with Crippen LogP contribution in [0.15, 0.2) is 18.3 Å². The molecule has 2 atom stereocenters. The van der Waals surface area contributed by atoms with E-state index in [1.54, 1.807) is 25.3 Å². The highest BCUT2D eigenvalue weighted by Gasteiger charge is 2.62. The summed E-state index contributed by atoms with van der Waals surface area (Å²) in [5.74, 6) is 1.16. The van der Waals surface area contributed by atoms with Gasteiger partial charge in [-0.3, -0.25) is 9.78 Å². The zero-order chi connectivity index (χ0) is 22.8. The van der Waals surface area contributed by atoms with Gasteiger partial charge in [-0.05, 0) is 62.3 Å². The number of ether oxygens (including phenoxy) is 4. The summed E-state index contributed by atoms with van der Waals surface area (Å²) < 4.78 is 22.9. The molecule has 1 aromatic rings. The van der Waals surface area contributed by atoms with Crippen LogP contribution in [0.5, 0.6) is 5.75 Å². The fourth-order valence-corrected chi connectivity index (χ4v) is 5.42. The predicted molar refractivity (Wildman–Crippen MR) is 120 cm³/mol. The molecule has 1 aliphatic heterocycles. The van der Waals surface area contributed by atoms with E-state index in [2.05, 4.69) is 18.8 Å². The second-order valence-corrected chi connectivity index (χ2v) is 10.3. The van der Waals surface area contributed by atoms with Gasteiger partial charge in [0.15, 0.2) is 5.60 Å². The number of methoxy groups -OCH3 is 2. The van der Waals surface area contributed by atoms with Gasteiger partial charge in [-0.25, -0.2) is 0 Å². The van der Waals surface area contributed by atoms with Gasteiger partial charge in [0.05, 0.1) is 12.1 Å². The Morgan fingerprint density at radius 1 is 1.16 bits per heavy atom. The third kappa shape index (κ3) is 4.80. The molecule has 1 saturated heterocycles. The Balaban J connectivity index is 1.48. The normalized spacial score (nSPS) is 27.1. The minimum atomic E-state index is -0.992. The Hall–Kier alpha value is -1.70. The minimum Gasteiger partial charge on any atom is -0.490 e. The Morgan fingerprint density at radius 3 is 2.53 bits per heavy atom. The van der Waals surface area contributed by atoms with E-state index >= 15 is 0 Å². The monoisotopic (exact) mass is 446 g/mol. The van der Waals surface area contributed by atoms with Gasteiger partial charge in [0.25, 0.3) is 5.91 Å². The van der Waals surface area contributed by atoms with E-state index in [-0.39, 0.29) is 31.6 Å². The third-order valence-electron chi connectivity index (χ3n) is 7.42. The van der Waals surface area contributed by atoms with Gasteiger partial charge in [-0.2, -0.15) is 0 Å². The van der Waals surface area contributed by atoms with Crippen LogP contribution in [0.1, 0.15) is 64.5 Å². The van der Waals surface area contributed by atoms with Crippen LogP contribution >= 0.6 is 0 Å². The summed E-state index contributed by atoms with van der Waals surface area (Å²) in [6.07, 6.45) is 10.9. The van der Waals surface area contributed by atoms with E-state index in [1.165, 1.54) is 25.7 Å². The van der Waals surface area contributed by atoms with E-state index in [0.29, 0.717) is 17.8 Å². The summed E-state index contributed by atoms with van der Waals surface area (Å²) in [6.45, 7) is 4.62. The summed E-state index contributed by atoms with van der Waals surface area (Å²) in [5.41, 5.74) is 0.457. The summed E-state index contributed by atoms with van der Waals surface area (Å²) in [6, 6.07) is 3.79. The Morgan fingerprint density at radius 2 is 1.91 bits per heavy atom. The minimum absolute atomic E-state index is 0.0567. The van der Waals surface area contributed by atoms with E-state index < -0.39 is 5.60 Å². The third-order valence-corrected chi connectivity index (χ3v) is 7.42. The molecule has 2 heterocycles. The van der Waals surface area contributed by atoms with Gasteiger partial charge >= 0.3 is 0 Å². The highest BCUT2D eigenvalue weighted by molar-refractivity contribution is 5.93. The van der Waals surface area contributed by atoms with Gasteiger partial charge in [-0.1, -0.05) is 13.8 Å². The van der Waals surface area contributed by atoms with Crippen molar-refractivity contribution < 1.29 is 23.7 Å². The molecule has 0 bridgehead atoms. The molecule has 1 aromatic heterocycles. The number of nitrogens with zero attached hydrogens (tertiary/aromatic N) is 2. The standard InChI is InChI=1S/C25H38N2O5/c1-18(2)13-22-25(31-17-30-4,23(28)27(22)16-29-3)15-19-14-21(7-12-26-19)32-20-5-8-24(9-6-20)10-11-24/h7,12,14,18,20,22H,5-6,8-11,13,15-17H2,1-4H3/t22-,25+/m0/s1. The van der Waals surface area contributed by atoms with Crippen LogP contribution in [0.4, 0.5) is 0 Å². The zero-order valence-electron chi connectivity index (χ0n) is 20.0. The molecular formula is C25H38N2O5. The lowest BCUT2D eigenvalue weighted by Gasteiger charge is -2.55. The summed E-state index contributed by atoms with van der Waals surface area (Å²) in [4.78, 5) is 19.6. The lowest BCUT2D eigenvalue weighted by molar-refractivity contribution is -0.235. The Labute approximate surface area is 191 Å². The molecule has 7 heteroatoms. The van der Waals surface area contributed by atoms with Crippen molar-refractivity contribution in [2.75, 3.05) is 27.7 Å². The fraction of sp³-hybridized carbons (Fsp3) is 0.760. The molecule has 3 fully saturated rings. The largest absolute Gasteiger partial charge is 0.490 e. The molecule has 2 aliphatic carbocycles. The number of amides is 1. The quantitative estimate of drug-likeness (QED) is 0.379. The number of carbonyl (C=O) groups excluding carboxylic acids is 1. The maximum atomic E-state index is 13.3. The van der Waals surface area contributed by atoms with Crippen LogP contribution < -0.4 is 4.74 Å². The number of aromatic nitrogens is 1. The molecule has 2 saturated carbocycles. The first-order chi connectivity index (χ1) is 15.4. The van der Waals surface area contributed by atoms with Crippen LogP contribution in [0.25, 0.3) is 0 Å². The van der Waals surface area contributed by atoms with Crippen molar-refractivity contribution in [2.45, 2.75) is 83.0 Å². The lowest BCUT2D eigenvalue weighted by Crippen LogP contribution is -2.76. The van der Waals surface area contributed by atoms with Crippen LogP contribution in [0, 0.1) is 11.3 Å². The average molecular weight is 447 g/mol. The molecule has 178 valence electrons. The van der Waals surface area contributed by atoms with Gasteiger partial charge in [0, 0.05) is 38.6 Å². The summed E-state index contributed by atoms with van der Waals surface area (Å²) in [5, 5.41) is 0. The summed E-state index contributed by atoms with van der Waals surface area (Å²) in [7, 11) is 3.18. The Bertz CT molecular complexity index is 786. The smallest absolute Gasteiger partial charge is 0.259 e. The second kappa shape index (κ2) is 9.65. The number of rotatable bonds is 11.